The van der Waals surface area contributed by atoms with Gasteiger partial charge >= 0.3 is 0 Å². The summed E-state index contributed by atoms with van der Waals surface area (Å²) in [6.07, 6.45) is 6.69. The molecule has 1 aliphatic carbocycles. The topological polar surface area (TPSA) is 55.1 Å². The van der Waals surface area contributed by atoms with Crippen LogP contribution in [0.15, 0.2) is 0 Å². The maximum Gasteiger partial charge on any atom is 0.223 e. The van der Waals surface area contributed by atoms with E-state index in [0.717, 1.165) is 45.2 Å². The van der Waals surface area contributed by atoms with Crippen LogP contribution in [-0.2, 0) is 4.79 Å². The molecule has 1 rings (SSSR count). The second-order valence-electron chi connectivity index (χ2n) is 5.39. The highest BCUT2D eigenvalue weighted by molar-refractivity contribution is 5.78. The Hall–Kier alpha value is -0.570. The normalized spacial score (nSPS) is 24.9. The van der Waals surface area contributed by atoms with Crippen molar-refractivity contribution in [3.8, 4) is 0 Å². The Morgan fingerprint density at radius 1 is 1.35 bits per heavy atom. The predicted molar refractivity (Wildman–Crippen MR) is 71.6 cm³/mol. The molecule has 0 bridgehead atoms. The molecule has 3 heteroatoms. The zero-order chi connectivity index (χ0) is 12.7. The fourth-order valence-electron chi connectivity index (χ4n) is 2.71. The van der Waals surface area contributed by atoms with Crippen LogP contribution in [0.2, 0.25) is 0 Å². The van der Waals surface area contributed by atoms with Gasteiger partial charge in [0.2, 0.25) is 5.91 Å². The van der Waals surface area contributed by atoms with Crippen molar-refractivity contribution >= 4 is 5.91 Å². The first-order chi connectivity index (χ1) is 8.21. The van der Waals surface area contributed by atoms with E-state index in [-0.39, 0.29) is 11.8 Å². The summed E-state index contributed by atoms with van der Waals surface area (Å²) in [4.78, 5) is 12.0. The molecule has 1 saturated carbocycles. The number of rotatable bonds is 6. The molecule has 17 heavy (non-hydrogen) atoms. The fraction of sp³-hybridized carbons (Fsp3) is 0.929. The van der Waals surface area contributed by atoms with Gasteiger partial charge in [0.05, 0.1) is 0 Å². The number of hydrogen-bond donors (Lipinski definition) is 2. The summed E-state index contributed by atoms with van der Waals surface area (Å²) in [6.45, 7) is 5.95. The van der Waals surface area contributed by atoms with E-state index in [2.05, 4.69) is 19.2 Å². The molecule has 100 valence electrons. The number of carbonyl (C=O) groups excluding carboxylic acids is 1. The third kappa shape index (κ3) is 4.66. The predicted octanol–water partition coefficient (Wildman–Crippen LogP) is 2.30. The lowest BCUT2D eigenvalue weighted by molar-refractivity contribution is -0.126. The first-order valence-electron chi connectivity index (χ1n) is 7.18. The minimum Gasteiger partial charge on any atom is -0.356 e. The summed E-state index contributed by atoms with van der Waals surface area (Å²) >= 11 is 0. The molecule has 3 nitrogen and oxygen atoms in total. The fourth-order valence-corrected chi connectivity index (χ4v) is 2.71. The van der Waals surface area contributed by atoms with Gasteiger partial charge < -0.3 is 11.1 Å². The Morgan fingerprint density at radius 2 is 2.06 bits per heavy atom. The van der Waals surface area contributed by atoms with Crippen molar-refractivity contribution in [3.05, 3.63) is 0 Å². The molecule has 0 radical (unpaired) electrons. The van der Waals surface area contributed by atoms with E-state index in [1.165, 1.54) is 6.42 Å². The Bertz CT molecular complexity index is 226. The quantitative estimate of drug-likeness (QED) is 0.748. The van der Waals surface area contributed by atoms with E-state index < -0.39 is 0 Å². The van der Waals surface area contributed by atoms with E-state index in [9.17, 15) is 4.79 Å². The molecular formula is C14H28N2O. The largest absolute Gasteiger partial charge is 0.356 e. The van der Waals surface area contributed by atoms with Crippen molar-refractivity contribution in [1.82, 2.24) is 5.32 Å². The summed E-state index contributed by atoms with van der Waals surface area (Å²) in [5.41, 5.74) is 5.70. The van der Waals surface area contributed by atoms with E-state index in [1.54, 1.807) is 0 Å². The van der Waals surface area contributed by atoms with E-state index in [4.69, 9.17) is 5.73 Å². The van der Waals surface area contributed by atoms with E-state index >= 15 is 0 Å². The minimum atomic E-state index is 0.215. The second kappa shape index (κ2) is 7.70. The summed E-state index contributed by atoms with van der Waals surface area (Å²) in [5, 5.41) is 3.12. The molecule has 0 aromatic heterocycles. The van der Waals surface area contributed by atoms with Crippen molar-refractivity contribution in [2.75, 3.05) is 13.1 Å². The maximum atomic E-state index is 12.0. The molecule has 0 spiro atoms. The van der Waals surface area contributed by atoms with Gasteiger partial charge in [0, 0.05) is 12.5 Å². The van der Waals surface area contributed by atoms with Gasteiger partial charge in [-0.25, -0.2) is 0 Å². The molecule has 1 amide bonds. The van der Waals surface area contributed by atoms with Gasteiger partial charge in [-0.05, 0) is 37.6 Å². The van der Waals surface area contributed by atoms with Crippen LogP contribution in [0.1, 0.15) is 52.4 Å². The molecule has 3 N–H and O–H groups in total. The highest BCUT2D eigenvalue weighted by Gasteiger charge is 2.26. The van der Waals surface area contributed by atoms with Gasteiger partial charge in [0.1, 0.15) is 0 Å². The summed E-state index contributed by atoms with van der Waals surface area (Å²) in [5.74, 6) is 1.67. The Balaban J connectivity index is 2.31. The van der Waals surface area contributed by atoms with Crippen molar-refractivity contribution in [1.29, 1.82) is 0 Å². The minimum absolute atomic E-state index is 0.215. The summed E-state index contributed by atoms with van der Waals surface area (Å²) in [6, 6.07) is 0. The second-order valence-corrected chi connectivity index (χ2v) is 5.39. The monoisotopic (exact) mass is 240 g/mol. The van der Waals surface area contributed by atoms with Gasteiger partial charge in [0.15, 0.2) is 0 Å². The highest BCUT2D eigenvalue weighted by atomic mass is 16.1. The van der Waals surface area contributed by atoms with Gasteiger partial charge in [0.25, 0.3) is 0 Å². The van der Waals surface area contributed by atoms with Crippen LogP contribution in [0.4, 0.5) is 0 Å². The lowest BCUT2D eigenvalue weighted by Gasteiger charge is -2.28. The molecule has 1 aliphatic rings. The molecule has 2 atom stereocenters. The van der Waals surface area contributed by atoms with Crippen molar-refractivity contribution in [2.24, 2.45) is 23.5 Å². The van der Waals surface area contributed by atoms with Crippen LogP contribution in [0.3, 0.4) is 0 Å². The first-order valence-corrected chi connectivity index (χ1v) is 7.18. The van der Waals surface area contributed by atoms with Crippen LogP contribution < -0.4 is 11.1 Å². The molecule has 1 fully saturated rings. The Labute approximate surface area is 106 Å². The number of hydrogen-bond acceptors (Lipinski definition) is 2. The van der Waals surface area contributed by atoms with Gasteiger partial charge in [-0.3, -0.25) is 4.79 Å². The third-order valence-corrected chi connectivity index (χ3v) is 4.21. The Morgan fingerprint density at radius 3 is 2.65 bits per heavy atom. The van der Waals surface area contributed by atoms with Crippen molar-refractivity contribution in [2.45, 2.75) is 52.4 Å². The standard InChI is InChI=1S/C14H28N2O/c1-3-11(4-2)10-16-14(17)13-7-5-6-12(8-13)9-15/h11-13H,3-10,15H2,1-2H3,(H,16,17). The van der Waals surface area contributed by atoms with Crippen LogP contribution in [0.5, 0.6) is 0 Å². The van der Waals surface area contributed by atoms with Crippen molar-refractivity contribution < 1.29 is 4.79 Å². The molecule has 0 aromatic carbocycles. The average molecular weight is 240 g/mol. The van der Waals surface area contributed by atoms with Crippen molar-refractivity contribution in [3.63, 3.8) is 0 Å². The number of nitrogens with two attached hydrogens (primary N) is 1. The summed E-state index contributed by atoms with van der Waals surface area (Å²) < 4.78 is 0. The van der Waals surface area contributed by atoms with Gasteiger partial charge in [-0.15, -0.1) is 0 Å². The lowest BCUT2D eigenvalue weighted by Crippen LogP contribution is -2.37. The first kappa shape index (κ1) is 14.5. The van der Waals surface area contributed by atoms with Gasteiger partial charge in [-0.2, -0.15) is 0 Å². The van der Waals surface area contributed by atoms with E-state index in [1.807, 2.05) is 0 Å². The number of amides is 1. The molecule has 0 heterocycles. The van der Waals surface area contributed by atoms with E-state index in [0.29, 0.717) is 11.8 Å². The van der Waals surface area contributed by atoms with Gasteiger partial charge in [-0.1, -0.05) is 33.1 Å². The molecule has 2 unspecified atom stereocenters. The van der Waals surface area contributed by atoms with Crippen LogP contribution in [-0.4, -0.2) is 19.0 Å². The zero-order valence-electron chi connectivity index (χ0n) is 11.4. The lowest BCUT2D eigenvalue weighted by atomic mass is 9.81. The molecule has 0 aliphatic heterocycles. The SMILES string of the molecule is CCC(CC)CNC(=O)C1CCCC(CN)C1. The van der Waals surface area contributed by atoms with Crippen LogP contribution >= 0.6 is 0 Å². The van der Waals surface area contributed by atoms with Crippen LogP contribution in [0.25, 0.3) is 0 Å². The van der Waals surface area contributed by atoms with Crippen LogP contribution in [0, 0.1) is 17.8 Å². The average Bonchev–Trinajstić information content (AvgIpc) is 2.39. The molecular weight excluding hydrogens is 212 g/mol. The smallest absolute Gasteiger partial charge is 0.223 e. The summed E-state index contributed by atoms with van der Waals surface area (Å²) in [7, 11) is 0. The molecule has 0 aromatic rings. The third-order valence-electron chi connectivity index (χ3n) is 4.21. The Kier molecular flexibility index (Phi) is 6.56. The number of nitrogens with one attached hydrogen (secondary N) is 1. The zero-order valence-corrected chi connectivity index (χ0v) is 11.4. The number of carbonyl (C=O) groups is 1. The molecule has 0 saturated heterocycles. The highest BCUT2D eigenvalue weighted by Crippen LogP contribution is 2.28. The maximum absolute atomic E-state index is 12.0.